The number of carboxylic acid groups (broad SMARTS) is 1. The third-order valence-corrected chi connectivity index (χ3v) is 4.56. The topological polar surface area (TPSA) is 92.7 Å². The van der Waals surface area contributed by atoms with E-state index < -0.39 is 23.0 Å². The number of benzene rings is 2. The molecule has 0 aliphatic rings. The fraction of sp³-hybridized carbons (Fsp3) is 0.250. The molecule has 1 unspecified atom stereocenters. The minimum atomic E-state index is -1.50. The van der Waals surface area contributed by atoms with Gasteiger partial charge in [-0.15, -0.1) is 11.6 Å². The fourth-order valence-electron chi connectivity index (χ4n) is 2.27. The first-order valence-electron chi connectivity index (χ1n) is 8.58. The van der Waals surface area contributed by atoms with E-state index in [9.17, 15) is 14.4 Å². The van der Waals surface area contributed by atoms with Gasteiger partial charge in [0.25, 0.3) is 0 Å². The van der Waals surface area contributed by atoms with Crippen molar-refractivity contribution in [1.29, 1.82) is 0 Å². The molecule has 1 amide bonds. The average molecular weight is 424 g/mol. The first-order valence-corrected chi connectivity index (χ1v) is 9.39. The molecular formula is C20H19Cl2NO5. The maximum absolute atomic E-state index is 12.4. The Balaban J connectivity index is 2.05. The second-order valence-electron chi connectivity index (χ2n) is 5.94. The van der Waals surface area contributed by atoms with Gasteiger partial charge < -0.3 is 15.2 Å². The molecule has 6 nitrogen and oxygen atoms in total. The number of rotatable bonds is 9. The highest BCUT2D eigenvalue weighted by atomic mass is 35.5. The number of amides is 1. The lowest BCUT2D eigenvalue weighted by Crippen LogP contribution is -2.30. The molecule has 2 rings (SSSR count). The average Bonchev–Trinajstić information content (AvgIpc) is 2.69. The van der Waals surface area contributed by atoms with E-state index in [0.29, 0.717) is 12.4 Å². The maximum atomic E-state index is 12.4. The standard InChI is InChI=1S/C20H19Cl2NO5/c1-2-3-10-28-14-7-4-12(5-8-14)18(24)17(22)19(25)23-16-11-13(20(26)27)6-9-15(16)21/h4-9,11,17H,2-3,10H2,1H3,(H,23,25)(H,26,27). The van der Waals surface area contributed by atoms with E-state index in [0.717, 1.165) is 12.8 Å². The second kappa shape index (κ2) is 10.1. The lowest BCUT2D eigenvalue weighted by Gasteiger charge is -2.12. The van der Waals surface area contributed by atoms with Gasteiger partial charge in [-0.25, -0.2) is 4.79 Å². The van der Waals surface area contributed by atoms with Crippen LogP contribution >= 0.6 is 23.2 Å². The van der Waals surface area contributed by atoms with Crippen molar-refractivity contribution in [1.82, 2.24) is 0 Å². The molecule has 8 heteroatoms. The summed E-state index contributed by atoms with van der Waals surface area (Å²) in [4.78, 5) is 35.8. The van der Waals surface area contributed by atoms with Crippen molar-refractivity contribution < 1.29 is 24.2 Å². The quantitative estimate of drug-likeness (QED) is 0.265. The summed E-state index contributed by atoms with van der Waals surface area (Å²) < 4.78 is 5.53. The van der Waals surface area contributed by atoms with Gasteiger partial charge in [0.15, 0.2) is 11.2 Å². The Morgan fingerprint density at radius 2 is 1.75 bits per heavy atom. The largest absolute Gasteiger partial charge is 0.494 e. The molecule has 2 aromatic rings. The smallest absolute Gasteiger partial charge is 0.335 e. The van der Waals surface area contributed by atoms with Gasteiger partial charge in [-0.1, -0.05) is 24.9 Å². The summed E-state index contributed by atoms with van der Waals surface area (Å²) in [6.07, 6.45) is 1.94. The van der Waals surface area contributed by atoms with Crippen molar-refractivity contribution in [3.05, 3.63) is 58.6 Å². The van der Waals surface area contributed by atoms with Crippen LogP contribution in [0.3, 0.4) is 0 Å². The van der Waals surface area contributed by atoms with Crippen LogP contribution in [0.5, 0.6) is 5.75 Å². The summed E-state index contributed by atoms with van der Waals surface area (Å²) in [5.74, 6) is -1.95. The van der Waals surface area contributed by atoms with E-state index in [4.69, 9.17) is 33.0 Å². The van der Waals surface area contributed by atoms with Crippen LogP contribution in [0.2, 0.25) is 5.02 Å². The van der Waals surface area contributed by atoms with Gasteiger partial charge in [0.2, 0.25) is 5.91 Å². The Hall–Kier alpha value is -2.57. The zero-order valence-corrected chi connectivity index (χ0v) is 16.6. The van der Waals surface area contributed by atoms with Gasteiger partial charge in [-0.3, -0.25) is 9.59 Å². The van der Waals surface area contributed by atoms with Crippen LogP contribution < -0.4 is 10.1 Å². The Morgan fingerprint density at radius 3 is 2.36 bits per heavy atom. The van der Waals surface area contributed by atoms with Crippen molar-refractivity contribution in [3.8, 4) is 5.75 Å². The van der Waals surface area contributed by atoms with Gasteiger partial charge in [0, 0.05) is 5.56 Å². The molecule has 0 heterocycles. The van der Waals surface area contributed by atoms with Crippen molar-refractivity contribution >= 4 is 46.5 Å². The molecule has 0 fully saturated rings. The number of aromatic carboxylic acids is 1. The number of carboxylic acids is 1. The third kappa shape index (κ3) is 5.71. The van der Waals surface area contributed by atoms with E-state index >= 15 is 0 Å². The SMILES string of the molecule is CCCCOc1ccc(C(=O)C(Cl)C(=O)Nc2cc(C(=O)O)ccc2Cl)cc1. The van der Waals surface area contributed by atoms with Crippen molar-refractivity contribution in [2.75, 3.05) is 11.9 Å². The Morgan fingerprint density at radius 1 is 1.11 bits per heavy atom. The highest BCUT2D eigenvalue weighted by molar-refractivity contribution is 6.46. The van der Waals surface area contributed by atoms with E-state index in [1.807, 2.05) is 0 Å². The van der Waals surface area contributed by atoms with Crippen LogP contribution in [0.25, 0.3) is 0 Å². The van der Waals surface area contributed by atoms with Gasteiger partial charge in [0.05, 0.1) is 22.9 Å². The first kappa shape index (κ1) is 21.7. The van der Waals surface area contributed by atoms with E-state index in [-0.39, 0.29) is 21.8 Å². The summed E-state index contributed by atoms with van der Waals surface area (Å²) in [5, 5.41) is 10.0. The molecule has 0 radical (unpaired) electrons. The highest BCUT2D eigenvalue weighted by Gasteiger charge is 2.26. The molecule has 0 saturated carbocycles. The number of carbonyl (C=O) groups excluding carboxylic acids is 2. The summed E-state index contributed by atoms with van der Waals surface area (Å²) in [5.41, 5.74) is 0.254. The Labute approximate surface area is 172 Å². The van der Waals surface area contributed by atoms with Crippen LogP contribution in [-0.2, 0) is 4.79 Å². The number of halogens is 2. The monoisotopic (exact) mass is 423 g/mol. The van der Waals surface area contributed by atoms with Gasteiger partial charge in [0.1, 0.15) is 5.75 Å². The molecule has 0 aliphatic carbocycles. The van der Waals surface area contributed by atoms with Crippen molar-refractivity contribution in [2.24, 2.45) is 0 Å². The molecule has 2 aromatic carbocycles. The maximum Gasteiger partial charge on any atom is 0.335 e. The van der Waals surface area contributed by atoms with Crippen LogP contribution in [-0.4, -0.2) is 34.8 Å². The number of alkyl halides is 1. The molecule has 1 atom stereocenters. The summed E-state index contributed by atoms with van der Waals surface area (Å²) in [6, 6.07) is 10.2. The molecule has 148 valence electrons. The number of hydrogen-bond donors (Lipinski definition) is 2. The number of anilines is 1. The summed E-state index contributed by atoms with van der Waals surface area (Å²) in [6.45, 7) is 2.64. The molecular weight excluding hydrogens is 405 g/mol. The zero-order chi connectivity index (χ0) is 20.7. The van der Waals surface area contributed by atoms with Crippen LogP contribution in [0.15, 0.2) is 42.5 Å². The van der Waals surface area contributed by atoms with E-state index in [1.165, 1.54) is 30.3 Å². The molecule has 0 aromatic heterocycles. The third-order valence-electron chi connectivity index (χ3n) is 3.84. The molecule has 2 N–H and O–H groups in total. The van der Waals surface area contributed by atoms with Gasteiger partial charge in [-0.05, 0) is 48.9 Å². The van der Waals surface area contributed by atoms with E-state index in [1.54, 1.807) is 12.1 Å². The first-order chi connectivity index (χ1) is 13.3. The summed E-state index contributed by atoms with van der Waals surface area (Å²) in [7, 11) is 0. The fourth-order valence-corrected chi connectivity index (χ4v) is 2.61. The van der Waals surface area contributed by atoms with Crippen LogP contribution in [0.4, 0.5) is 5.69 Å². The zero-order valence-electron chi connectivity index (χ0n) is 15.1. The molecule has 0 bridgehead atoms. The molecule has 0 saturated heterocycles. The highest BCUT2D eigenvalue weighted by Crippen LogP contribution is 2.24. The van der Waals surface area contributed by atoms with Gasteiger partial charge >= 0.3 is 5.97 Å². The predicted molar refractivity (Wildman–Crippen MR) is 108 cm³/mol. The Kier molecular flexibility index (Phi) is 7.84. The van der Waals surface area contributed by atoms with Crippen molar-refractivity contribution in [2.45, 2.75) is 25.1 Å². The minimum absolute atomic E-state index is 0.0594. The predicted octanol–water partition coefficient (Wildman–Crippen LogP) is 4.65. The minimum Gasteiger partial charge on any atom is -0.494 e. The number of ether oxygens (including phenoxy) is 1. The summed E-state index contributed by atoms with van der Waals surface area (Å²) >= 11 is 12.0. The van der Waals surface area contributed by atoms with Crippen LogP contribution in [0, 0.1) is 0 Å². The Bertz CT molecular complexity index is 867. The lowest BCUT2D eigenvalue weighted by molar-refractivity contribution is -0.115. The van der Waals surface area contributed by atoms with Crippen molar-refractivity contribution in [3.63, 3.8) is 0 Å². The van der Waals surface area contributed by atoms with Gasteiger partial charge in [-0.2, -0.15) is 0 Å². The lowest BCUT2D eigenvalue weighted by atomic mass is 10.1. The number of carbonyl (C=O) groups is 3. The molecule has 28 heavy (non-hydrogen) atoms. The molecule has 0 aliphatic heterocycles. The number of hydrogen-bond acceptors (Lipinski definition) is 4. The number of nitrogens with one attached hydrogen (secondary N) is 1. The number of unbranched alkanes of at least 4 members (excludes halogenated alkanes) is 1. The number of Topliss-reactive ketones (excluding diaryl/α,β-unsaturated/α-hetero) is 1. The number of ketones is 1. The normalized spacial score (nSPS) is 11.5. The molecule has 0 spiro atoms. The second-order valence-corrected chi connectivity index (χ2v) is 6.79. The van der Waals surface area contributed by atoms with E-state index in [2.05, 4.69) is 12.2 Å². The van der Waals surface area contributed by atoms with Crippen LogP contribution in [0.1, 0.15) is 40.5 Å².